The van der Waals surface area contributed by atoms with Crippen molar-refractivity contribution in [2.75, 3.05) is 0 Å². The Labute approximate surface area is 106 Å². The normalized spacial score (nSPS) is 10.6. The van der Waals surface area contributed by atoms with Crippen molar-refractivity contribution in [3.8, 4) is 0 Å². The zero-order chi connectivity index (χ0) is 13.0. The topological polar surface area (TPSA) is 60.9 Å². The van der Waals surface area contributed by atoms with Gasteiger partial charge in [-0.25, -0.2) is 0 Å². The number of hydrogen-bond acceptors (Lipinski definition) is 3. The molecule has 0 unspecified atom stereocenters. The van der Waals surface area contributed by atoms with Crippen LogP contribution >= 0.6 is 0 Å². The van der Waals surface area contributed by atoms with E-state index in [1.165, 1.54) is 0 Å². The summed E-state index contributed by atoms with van der Waals surface area (Å²) in [5.74, 6) is 0.00419. The molecule has 2 N–H and O–H groups in total. The summed E-state index contributed by atoms with van der Waals surface area (Å²) in [6.45, 7) is 3.31. The first-order valence-electron chi connectivity index (χ1n) is 6.11. The van der Waals surface area contributed by atoms with Gasteiger partial charge in [0.15, 0.2) is 0 Å². The molecule has 18 heavy (non-hydrogen) atoms. The number of benzene rings is 1. The fourth-order valence-electron chi connectivity index (χ4n) is 1.86. The molecule has 0 fully saturated rings. The maximum Gasteiger partial charge on any atom is 0.211 e. The minimum absolute atomic E-state index is 0.00419. The molecule has 4 heteroatoms. The van der Waals surface area contributed by atoms with Gasteiger partial charge in [-0.3, -0.25) is 9.48 Å². The van der Waals surface area contributed by atoms with E-state index < -0.39 is 0 Å². The third-order valence-electron chi connectivity index (χ3n) is 2.84. The van der Waals surface area contributed by atoms with E-state index >= 15 is 0 Å². The fraction of sp³-hybridized carbons (Fsp3) is 0.286. The van der Waals surface area contributed by atoms with Crippen LogP contribution < -0.4 is 5.73 Å². The number of nitrogens with zero attached hydrogens (tertiary/aromatic N) is 2. The smallest absolute Gasteiger partial charge is 0.211 e. The molecule has 0 radical (unpaired) electrons. The summed E-state index contributed by atoms with van der Waals surface area (Å²) < 4.78 is 1.75. The molecular weight excluding hydrogens is 226 g/mol. The summed E-state index contributed by atoms with van der Waals surface area (Å²) in [5, 5.41) is 4.16. The molecular formula is C14H17N3O. The average molecular weight is 243 g/mol. The van der Waals surface area contributed by atoms with Gasteiger partial charge in [0.2, 0.25) is 5.78 Å². The minimum Gasteiger partial charge on any atom is -0.326 e. The molecule has 0 bridgehead atoms. The van der Waals surface area contributed by atoms with Crippen molar-refractivity contribution >= 4 is 5.78 Å². The number of aryl methyl sites for hydroxylation is 1. The number of rotatable bonds is 5. The number of nitrogens with two attached hydrogens (primary N) is 1. The Morgan fingerprint density at radius 1 is 1.28 bits per heavy atom. The van der Waals surface area contributed by atoms with Gasteiger partial charge in [-0.15, -0.1) is 0 Å². The van der Waals surface area contributed by atoms with Crippen LogP contribution in [0.4, 0.5) is 0 Å². The first-order chi connectivity index (χ1) is 8.76. The monoisotopic (exact) mass is 243 g/mol. The molecule has 0 aliphatic rings. The lowest BCUT2D eigenvalue weighted by molar-refractivity contribution is 0.102. The van der Waals surface area contributed by atoms with Gasteiger partial charge in [-0.05, 0) is 18.1 Å². The fourth-order valence-corrected chi connectivity index (χ4v) is 1.86. The van der Waals surface area contributed by atoms with E-state index in [0.29, 0.717) is 17.8 Å². The molecule has 94 valence electrons. The highest BCUT2D eigenvalue weighted by Crippen LogP contribution is 2.11. The van der Waals surface area contributed by atoms with Crippen LogP contribution in [0.15, 0.2) is 36.5 Å². The van der Waals surface area contributed by atoms with E-state index in [1.54, 1.807) is 16.9 Å². The molecule has 1 aromatic carbocycles. The molecule has 1 aromatic heterocycles. The number of hydrogen-bond donors (Lipinski definition) is 1. The molecule has 0 saturated heterocycles. The molecule has 2 aromatic rings. The van der Waals surface area contributed by atoms with Gasteiger partial charge in [0, 0.05) is 24.8 Å². The van der Waals surface area contributed by atoms with Crippen molar-refractivity contribution < 1.29 is 4.79 Å². The second-order valence-electron chi connectivity index (χ2n) is 4.17. The quantitative estimate of drug-likeness (QED) is 0.817. The highest BCUT2D eigenvalue weighted by Gasteiger charge is 2.13. The van der Waals surface area contributed by atoms with Crippen LogP contribution in [0, 0.1) is 0 Å². The standard InChI is InChI=1S/C14H17N3O/c1-2-9-17-13(7-8-16-17)14(18)12-5-3-11(10-15)4-6-12/h3-8H,2,9-10,15H2,1H3. The van der Waals surface area contributed by atoms with Crippen molar-refractivity contribution in [2.24, 2.45) is 5.73 Å². The molecule has 0 aliphatic carbocycles. The highest BCUT2D eigenvalue weighted by molar-refractivity contribution is 6.07. The maximum atomic E-state index is 12.3. The number of carbonyl (C=O) groups excluding carboxylic acids is 1. The van der Waals surface area contributed by atoms with Crippen LogP contribution in [-0.4, -0.2) is 15.6 Å². The van der Waals surface area contributed by atoms with Crippen molar-refractivity contribution in [3.63, 3.8) is 0 Å². The summed E-state index contributed by atoms with van der Waals surface area (Å²) in [6.07, 6.45) is 2.62. The minimum atomic E-state index is 0.00419. The third kappa shape index (κ3) is 2.49. The van der Waals surface area contributed by atoms with Crippen molar-refractivity contribution in [1.82, 2.24) is 9.78 Å². The summed E-state index contributed by atoms with van der Waals surface area (Å²) in [5.41, 5.74) is 7.86. The molecule has 0 aliphatic heterocycles. The molecule has 0 saturated carbocycles. The first-order valence-corrected chi connectivity index (χ1v) is 6.11. The second kappa shape index (κ2) is 5.60. The number of ketones is 1. The first kappa shape index (κ1) is 12.5. The predicted molar refractivity (Wildman–Crippen MR) is 70.3 cm³/mol. The van der Waals surface area contributed by atoms with E-state index in [4.69, 9.17) is 5.73 Å². The maximum absolute atomic E-state index is 12.3. The van der Waals surface area contributed by atoms with E-state index in [2.05, 4.69) is 12.0 Å². The number of aromatic nitrogens is 2. The molecule has 1 heterocycles. The van der Waals surface area contributed by atoms with Crippen molar-refractivity contribution in [2.45, 2.75) is 26.4 Å². The summed E-state index contributed by atoms with van der Waals surface area (Å²) in [4.78, 5) is 12.3. The van der Waals surface area contributed by atoms with E-state index in [1.807, 2.05) is 24.3 Å². The Morgan fingerprint density at radius 2 is 2.00 bits per heavy atom. The van der Waals surface area contributed by atoms with Crippen LogP contribution in [0.25, 0.3) is 0 Å². The highest BCUT2D eigenvalue weighted by atomic mass is 16.1. The molecule has 0 atom stereocenters. The summed E-state index contributed by atoms with van der Waals surface area (Å²) >= 11 is 0. The third-order valence-corrected chi connectivity index (χ3v) is 2.84. The van der Waals surface area contributed by atoms with Gasteiger partial charge in [0.25, 0.3) is 0 Å². The average Bonchev–Trinajstić information content (AvgIpc) is 2.87. The summed E-state index contributed by atoms with van der Waals surface area (Å²) in [6, 6.07) is 9.15. The Bertz CT molecular complexity index is 528. The van der Waals surface area contributed by atoms with E-state index in [-0.39, 0.29) is 5.78 Å². The molecule has 2 rings (SSSR count). The Hall–Kier alpha value is -1.94. The van der Waals surface area contributed by atoms with E-state index in [9.17, 15) is 4.79 Å². The zero-order valence-electron chi connectivity index (χ0n) is 10.5. The van der Waals surface area contributed by atoms with Crippen LogP contribution in [0.1, 0.15) is 35.0 Å². The van der Waals surface area contributed by atoms with Crippen LogP contribution in [0.2, 0.25) is 0 Å². The molecule has 4 nitrogen and oxygen atoms in total. The second-order valence-corrected chi connectivity index (χ2v) is 4.17. The Kier molecular flexibility index (Phi) is 3.89. The zero-order valence-corrected chi connectivity index (χ0v) is 10.5. The van der Waals surface area contributed by atoms with Gasteiger partial charge in [0.05, 0.1) is 0 Å². The Morgan fingerprint density at radius 3 is 2.61 bits per heavy atom. The lowest BCUT2D eigenvalue weighted by Crippen LogP contribution is -2.11. The van der Waals surface area contributed by atoms with Crippen molar-refractivity contribution in [1.29, 1.82) is 0 Å². The van der Waals surface area contributed by atoms with Gasteiger partial charge in [-0.2, -0.15) is 5.10 Å². The van der Waals surface area contributed by atoms with Gasteiger partial charge >= 0.3 is 0 Å². The van der Waals surface area contributed by atoms with Crippen LogP contribution in [-0.2, 0) is 13.1 Å². The lowest BCUT2D eigenvalue weighted by atomic mass is 10.1. The molecule has 0 amide bonds. The van der Waals surface area contributed by atoms with Crippen LogP contribution in [0.5, 0.6) is 0 Å². The van der Waals surface area contributed by atoms with Crippen molar-refractivity contribution in [3.05, 3.63) is 53.3 Å². The SMILES string of the molecule is CCCn1nccc1C(=O)c1ccc(CN)cc1. The largest absolute Gasteiger partial charge is 0.326 e. The molecule has 0 spiro atoms. The number of carbonyl (C=O) groups is 1. The van der Waals surface area contributed by atoms with Gasteiger partial charge in [0.1, 0.15) is 5.69 Å². The Balaban J connectivity index is 2.26. The summed E-state index contributed by atoms with van der Waals surface area (Å²) in [7, 11) is 0. The predicted octanol–water partition coefficient (Wildman–Crippen LogP) is 1.98. The van der Waals surface area contributed by atoms with Gasteiger partial charge < -0.3 is 5.73 Å². The van der Waals surface area contributed by atoms with E-state index in [0.717, 1.165) is 18.5 Å². The lowest BCUT2D eigenvalue weighted by Gasteiger charge is -2.05. The van der Waals surface area contributed by atoms with Gasteiger partial charge in [-0.1, -0.05) is 31.2 Å². The van der Waals surface area contributed by atoms with Crippen LogP contribution in [0.3, 0.4) is 0 Å².